The zero-order valence-electron chi connectivity index (χ0n) is 18.6. The summed E-state index contributed by atoms with van der Waals surface area (Å²) in [6.45, 7) is 4.37. The van der Waals surface area contributed by atoms with E-state index >= 15 is 0 Å². The molecule has 0 radical (unpaired) electrons. The van der Waals surface area contributed by atoms with Gasteiger partial charge in [0.2, 0.25) is 0 Å². The predicted octanol–water partition coefficient (Wildman–Crippen LogP) is 1.06. The second-order valence-electron chi connectivity index (χ2n) is 8.36. The van der Waals surface area contributed by atoms with Crippen molar-refractivity contribution in [3.63, 3.8) is 0 Å². The minimum atomic E-state index is -0.786. The van der Waals surface area contributed by atoms with Crippen LogP contribution in [0.1, 0.15) is 45.0 Å². The van der Waals surface area contributed by atoms with Gasteiger partial charge < -0.3 is 19.7 Å². The fraction of sp³-hybridized carbons (Fsp3) is 0.458. The maximum Gasteiger partial charge on any atom is 0.338 e. The molecule has 4 rings (SSSR count). The van der Waals surface area contributed by atoms with Crippen LogP contribution >= 0.6 is 0 Å². The molecule has 3 heterocycles. The highest BCUT2D eigenvalue weighted by molar-refractivity contribution is 5.92. The summed E-state index contributed by atoms with van der Waals surface area (Å²) in [6.07, 6.45) is 0.662. The second-order valence-corrected chi connectivity index (χ2v) is 8.36. The molecule has 0 bridgehead atoms. The molecule has 0 saturated carbocycles. The molecule has 2 atom stereocenters. The molecule has 0 aliphatic carbocycles. The summed E-state index contributed by atoms with van der Waals surface area (Å²) in [4.78, 5) is 20.4. The van der Waals surface area contributed by atoms with Crippen molar-refractivity contribution in [2.45, 2.75) is 18.6 Å². The molecule has 0 amide bonds. The second kappa shape index (κ2) is 10.3. The van der Waals surface area contributed by atoms with E-state index < -0.39 is 12.2 Å². The van der Waals surface area contributed by atoms with E-state index in [1.165, 1.54) is 13.3 Å². The van der Waals surface area contributed by atoms with Gasteiger partial charge >= 0.3 is 5.97 Å². The van der Waals surface area contributed by atoms with E-state index in [4.69, 9.17) is 14.7 Å². The Morgan fingerprint density at radius 1 is 1.15 bits per heavy atom. The number of esters is 1. The number of hydrogen-bond donors (Lipinski definition) is 2. The highest BCUT2D eigenvalue weighted by Crippen LogP contribution is 2.24. The molecule has 1 aromatic heterocycles. The molecule has 0 spiro atoms. The van der Waals surface area contributed by atoms with Crippen molar-refractivity contribution in [2.24, 2.45) is 0 Å². The first-order chi connectivity index (χ1) is 16.0. The number of nitrogens with zero attached hydrogens (tertiary/aromatic N) is 4. The first kappa shape index (κ1) is 23.1. The summed E-state index contributed by atoms with van der Waals surface area (Å²) in [7, 11) is 1.48. The van der Waals surface area contributed by atoms with E-state index in [1.54, 1.807) is 18.2 Å². The predicted molar refractivity (Wildman–Crippen MR) is 119 cm³/mol. The van der Waals surface area contributed by atoms with Crippen molar-refractivity contribution in [3.05, 3.63) is 58.4 Å². The van der Waals surface area contributed by atoms with E-state index in [2.05, 4.69) is 14.8 Å². The Morgan fingerprint density at radius 2 is 1.85 bits per heavy atom. The van der Waals surface area contributed by atoms with Crippen LogP contribution in [0, 0.1) is 11.3 Å². The number of hydrogen-bond acceptors (Lipinski definition) is 9. The van der Waals surface area contributed by atoms with E-state index in [9.17, 15) is 15.0 Å². The standard InChI is InChI=1S/C24H28N4O5/c1-32-23-11-20(26-13-18(23)12-25)22(30)15-28-7-5-27(6-8-28)14-21(29)17-2-3-19-16(10-17)4-9-33-24(19)31/h2-3,10-11,13,21-22,29-30H,4-9,14-15H2,1H3. The van der Waals surface area contributed by atoms with Crippen LogP contribution in [0.3, 0.4) is 0 Å². The maximum absolute atomic E-state index is 11.8. The first-order valence-electron chi connectivity index (χ1n) is 11.0. The molecular weight excluding hydrogens is 424 g/mol. The molecule has 1 fully saturated rings. The number of rotatable bonds is 7. The van der Waals surface area contributed by atoms with Gasteiger partial charge in [-0.15, -0.1) is 0 Å². The smallest absolute Gasteiger partial charge is 0.338 e. The number of pyridine rings is 1. The zero-order chi connectivity index (χ0) is 23.4. The molecule has 2 N–H and O–H groups in total. The summed E-state index contributed by atoms with van der Waals surface area (Å²) in [6, 6.07) is 9.06. The third-order valence-electron chi connectivity index (χ3n) is 6.23. The fourth-order valence-corrected chi connectivity index (χ4v) is 4.29. The summed E-state index contributed by atoms with van der Waals surface area (Å²) in [5.41, 5.74) is 3.12. The number of carbonyl (C=O) groups excluding carboxylic acids is 1. The third kappa shape index (κ3) is 5.31. The molecule has 9 heteroatoms. The highest BCUT2D eigenvalue weighted by atomic mass is 16.5. The number of methoxy groups -OCH3 is 1. The number of β-amino-alcohol motifs (C(OH)–C–C–N with tert-alkyl or cyclic N) is 2. The Bertz CT molecular complexity index is 1050. The number of cyclic esters (lactones) is 1. The van der Waals surface area contributed by atoms with Gasteiger partial charge in [0.15, 0.2) is 0 Å². The van der Waals surface area contributed by atoms with Crippen LogP contribution in [0.15, 0.2) is 30.5 Å². The topological polar surface area (TPSA) is 119 Å². The zero-order valence-corrected chi connectivity index (χ0v) is 18.6. The molecule has 2 aromatic rings. The number of ether oxygens (including phenoxy) is 2. The maximum atomic E-state index is 11.8. The number of aliphatic hydroxyl groups is 2. The fourth-order valence-electron chi connectivity index (χ4n) is 4.29. The lowest BCUT2D eigenvalue weighted by atomic mass is 9.97. The van der Waals surface area contributed by atoms with E-state index in [0.29, 0.717) is 48.7 Å². The lowest BCUT2D eigenvalue weighted by molar-refractivity contribution is 0.0463. The van der Waals surface area contributed by atoms with Gasteiger partial charge in [0.25, 0.3) is 0 Å². The Kier molecular flexibility index (Phi) is 7.20. The molecule has 33 heavy (non-hydrogen) atoms. The Balaban J connectivity index is 1.28. The number of benzene rings is 1. The van der Waals surface area contributed by atoms with Gasteiger partial charge in [0.05, 0.1) is 31.1 Å². The van der Waals surface area contributed by atoms with Crippen molar-refractivity contribution in [3.8, 4) is 11.8 Å². The minimum Gasteiger partial charge on any atom is -0.495 e. The summed E-state index contributed by atoms with van der Waals surface area (Å²) >= 11 is 0. The van der Waals surface area contributed by atoms with Crippen LogP contribution in [0.25, 0.3) is 0 Å². The molecule has 9 nitrogen and oxygen atoms in total. The third-order valence-corrected chi connectivity index (χ3v) is 6.23. The number of carbonyl (C=O) groups is 1. The molecule has 1 aromatic carbocycles. The quantitative estimate of drug-likeness (QED) is 0.594. The normalized spacial score (nSPS) is 18.7. The molecule has 1 saturated heterocycles. The average Bonchev–Trinajstić information content (AvgIpc) is 2.84. The Hall–Kier alpha value is -3.03. The van der Waals surface area contributed by atoms with Crippen LogP contribution in [-0.4, -0.2) is 84.0 Å². The Labute approximate surface area is 192 Å². The Morgan fingerprint density at radius 3 is 2.52 bits per heavy atom. The molecular formula is C24H28N4O5. The number of aromatic nitrogens is 1. The van der Waals surface area contributed by atoms with Gasteiger partial charge in [-0.05, 0) is 17.2 Å². The summed E-state index contributed by atoms with van der Waals surface area (Å²) in [5.74, 6) is 0.102. The molecule has 174 valence electrons. The van der Waals surface area contributed by atoms with Crippen molar-refractivity contribution in [2.75, 3.05) is 53.0 Å². The van der Waals surface area contributed by atoms with Gasteiger partial charge in [0.1, 0.15) is 23.5 Å². The number of aliphatic hydroxyl groups excluding tert-OH is 2. The first-order valence-corrected chi connectivity index (χ1v) is 11.0. The van der Waals surface area contributed by atoms with E-state index in [-0.39, 0.29) is 5.97 Å². The lowest BCUT2D eigenvalue weighted by Gasteiger charge is -2.36. The minimum absolute atomic E-state index is 0.301. The van der Waals surface area contributed by atoms with Crippen molar-refractivity contribution >= 4 is 5.97 Å². The van der Waals surface area contributed by atoms with Crippen molar-refractivity contribution in [1.82, 2.24) is 14.8 Å². The number of piperazine rings is 1. The monoisotopic (exact) mass is 452 g/mol. The van der Waals surface area contributed by atoms with Gasteiger partial charge in [0, 0.05) is 58.0 Å². The number of fused-ring (bicyclic) bond motifs is 1. The molecule has 2 aliphatic rings. The number of nitriles is 1. The summed E-state index contributed by atoms with van der Waals surface area (Å²) in [5, 5.41) is 30.4. The highest BCUT2D eigenvalue weighted by Gasteiger charge is 2.24. The molecule has 2 unspecified atom stereocenters. The van der Waals surface area contributed by atoms with E-state index in [1.807, 2.05) is 12.1 Å². The van der Waals surface area contributed by atoms with Gasteiger partial charge in [-0.2, -0.15) is 5.26 Å². The average molecular weight is 453 g/mol. The van der Waals surface area contributed by atoms with Crippen LogP contribution in [0.2, 0.25) is 0 Å². The van der Waals surface area contributed by atoms with Gasteiger partial charge in [-0.25, -0.2) is 4.79 Å². The van der Waals surface area contributed by atoms with Gasteiger partial charge in [-0.3, -0.25) is 14.8 Å². The van der Waals surface area contributed by atoms with Crippen molar-refractivity contribution < 1.29 is 24.5 Å². The van der Waals surface area contributed by atoms with Crippen LogP contribution in [0.5, 0.6) is 5.75 Å². The van der Waals surface area contributed by atoms with E-state index in [0.717, 1.165) is 37.3 Å². The van der Waals surface area contributed by atoms with Crippen molar-refractivity contribution in [1.29, 1.82) is 5.26 Å². The van der Waals surface area contributed by atoms with Crippen LogP contribution in [-0.2, 0) is 11.2 Å². The van der Waals surface area contributed by atoms with Crippen LogP contribution in [0.4, 0.5) is 0 Å². The molecule has 2 aliphatic heterocycles. The lowest BCUT2D eigenvalue weighted by Crippen LogP contribution is -2.48. The van der Waals surface area contributed by atoms with Crippen LogP contribution < -0.4 is 4.74 Å². The SMILES string of the molecule is COc1cc(C(O)CN2CCN(CC(O)c3ccc4c(c3)CCOC4=O)CC2)ncc1C#N. The van der Waals surface area contributed by atoms with Gasteiger partial charge in [-0.1, -0.05) is 12.1 Å². The summed E-state index contributed by atoms with van der Waals surface area (Å²) < 4.78 is 10.3. The largest absolute Gasteiger partial charge is 0.495 e.